The molecular weight excluding hydrogens is 350 g/mol. The summed E-state index contributed by atoms with van der Waals surface area (Å²) in [5.41, 5.74) is 5.46. The van der Waals surface area contributed by atoms with Gasteiger partial charge in [0, 0.05) is 5.56 Å². The maximum Gasteiger partial charge on any atom is 0.188 e. The Morgan fingerprint density at radius 3 is 3.04 bits per heavy atom. The van der Waals surface area contributed by atoms with Crippen LogP contribution >= 0.6 is 0 Å². The van der Waals surface area contributed by atoms with Crippen LogP contribution in [0.25, 0.3) is 0 Å². The number of azo groups is 1. The molecule has 1 heterocycles. The molecule has 146 valence electrons. The number of ether oxygens (including phenoxy) is 1. The largest absolute Gasteiger partial charge is 0.496 e. The molecule has 0 fully saturated rings. The van der Waals surface area contributed by atoms with Crippen LogP contribution in [0.2, 0.25) is 0 Å². The third kappa shape index (κ3) is 3.99. The number of Topliss-reactive ketones (excluding diaryl/α,β-unsaturated/α-hetero) is 1. The summed E-state index contributed by atoms with van der Waals surface area (Å²) in [5.74, 6) is 1.71. The number of carbonyl (C=O) groups excluding carboxylic acids is 1. The van der Waals surface area contributed by atoms with Gasteiger partial charge in [-0.15, -0.1) is 0 Å². The molecule has 2 aromatic rings. The summed E-state index contributed by atoms with van der Waals surface area (Å²) in [7, 11) is 1.76. The van der Waals surface area contributed by atoms with Crippen LogP contribution in [0.5, 0.6) is 5.75 Å². The molecule has 28 heavy (non-hydrogen) atoms. The first-order valence-electron chi connectivity index (χ1n) is 10.2. The third-order valence-corrected chi connectivity index (χ3v) is 5.82. The van der Waals surface area contributed by atoms with Gasteiger partial charge in [-0.2, -0.15) is 10.2 Å². The smallest absolute Gasteiger partial charge is 0.188 e. The molecule has 0 amide bonds. The van der Waals surface area contributed by atoms with Crippen molar-refractivity contribution in [1.82, 2.24) is 5.32 Å². The molecule has 1 atom stereocenters. The number of hydrogen-bond donors (Lipinski definition) is 1. The van der Waals surface area contributed by atoms with Gasteiger partial charge in [-0.1, -0.05) is 18.2 Å². The molecule has 0 bridgehead atoms. The molecule has 2 aromatic carbocycles. The summed E-state index contributed by atoms with van der Waals surface area (Å²) >= 11 is 0. The Morgan fingerprint density at radius 2 is 2.14 bits per heavy atom. The van der Waals surface area contributed by atoms with E-state index in [0.717, 1.165) is 38.1 Å². The Kier molecular flexibility index (Phi) is 5.81. The fourth-order valence-corrected chi connectivity index (χ4v) is 4.35. The Labute approximate surface area is 166 Å². The van der Waals surface area contributed by atoms with Crippen LogP contribution < -0.4 is 10.1 Å². The molecular formula is C23H27N3O2. The highest BCUT2D eigenvalue weighted by Gasteiger charge is 2.22. The summed E-state index contributed by atoms with van der Waals surface area (Å²) in [5, 5.41) is 11.6. The van der Waals surface area contributed by atoms with Gasteiger partial charge in [-0.25, -0.2) is 0 Å². The molecule has 1 aliphatic carbocycles. The molecule has 1 unspecified atom stereocenters. The van der Waals surface area contributed by atoms with Crippen molar-refractivity contribution < 1.29 is 9.53 Å². The van der Waals surface area contributed by atoms with Crippen molar-refractivity contribution >= 4 is 11.5 Å². The number of fused-ring (bicyclic) bond motifs is 2. The Hall–Kier alpha value is -2.53. The summed E-state index contributed by atoms with van der Waals surface area (Å²) in [6.45, 7) is 2.09. The van der Waals surface area contributed by atoms with Crippen molar-refractivity contribution in [2.75, 3.05) is 26.7 Å². The lowest BCUT2D eigenvalue weighted by Gasteiger charge is -2.27. The normalized spacial score (nSPS) is 17.9. The quantitative estimate of drug-likeness (QED) is 0.716. The van der Waals surface area contributed by atoms with Crippen molar-refractivity contribution in [3.8, 4) is 5.75 Å². The number of carbonyl (C=O) groups is 1. The number of methoxy groups -OCH3 is 1. The number of hydrogen-bond acceptors (Lipinski definition) is 5. The van der Waals surface area contributed by atoms with Crippen LogP contribution in [-0.2, 0) is 12.8 Å². The van der Waals surface area contributed by atoms with Gasteiger partial charge in [0.25, 0.3) is 0 Å². The van der Waals surface area contributed by atoms with Gasteiger partial charge in [-0.3, -0.25) is 4.79 Å². The lowest BCUT2D eigenvalue weighted by molar-refractivity contribution is 0.0998. The highest BCUT2D eigenvalue weighted by atomic mass is 16.5. The van der Waals surface area contributed by atoms with Crippen LogP contribution in [-0.4, -0.2) is 32.5 Å². The zero-order valence-electron chi connectivity index (χ0n) is 16.4. The molecule has 0 radical (unpaired) electrons. The first-order valence-corrected chi connectivity index (χ1v) is 10.2. The second-order valence-corrected chi connectivity index (χ2v) is 7.58. The molecule has 0 spiro atoms. The summed E-state index contributed by atoms with van der Waals surface area (Å²) in [6.07, 6.45) is 5.69. The second kappa shape index (κ2) is 8.65. The number of nitrogens with one attached hydrogen (secondary N) is 1. The minimum absolute atomic E-state index is 0.0547. The van der Waals surface area contributed by atoms with E-state index in [9.17, 15) is 4.79 Å². The van der Waals surface area contributed by atoms with Gasteiger partial charge in [0.05, 0.1) is 12.8 Å². The average Bonchev–Trinajstić information content (AvgIpc) is 2.73. The van der Waals surface area contributed by atoms with E-state index in [0.29, 0.717) is 17.2 Å². The van der Waals surface area contributed by atoms with Crippen LogP contribution in [0.1, 0.15) is 52.2 Å². The highest BCUT2D eigenvalue weighted by molar-refractivity contribution is 6.02. The van der Waals surface area contributed by atoms with E-state index < -0.39 is 0 Å². The van der Waals surface area contributed by atoms with E-state index in [-0.39, 0.29) is 12.3 Å². The van der Waals surface area contributed by atoms with Gasteiger partial charge >= 0.3 is 0 Å². The molecule has 0 aromatic heterocycles. The van der Waals surface area contributed by atoms with Crippen molar-refractivity contribution in [2.24, 2.45) is 10.2 Å². The monoisotopic (exact) mass is 377 g/mol. The van der Waals surface area contributed by atoms with Crippen LogP contribution in [0.4, 0.5) is 5.69 Å². The van der Waals surface area contributed by atoms with Gasteiger partial charge < -0.3 is 10.1 Å². The van der Waals surface area contributed by atoms with Crippen molar-refractivity contribution in [3.05, 3.63) is 58.7 Å². The number of ketones is 1. The molecule has 5 heteroatoms. The number of nitrogens with zero attached hydrogens (tertiary/aromatic N) is 2. The van der Waals surface area contributed by atoms with Gasteiger partial charge in [0.15, 0.2) is 5.78 Å². The van der Waals surface area contributed by atoms with E-state index in [1.807, 2.05) is 18.2 Å². The molecule has 1 aliphatic heterocycles. The standard InChI is InChI=1S/C23H27N3O2/c1-28-23-7-3-5-18-17(4-2-6-19(18)23)11-13-24-12-10-16-8-9-20-21(14-16)26-25-15-22(20)27/h3,5,7-9,14,17,24H,2,4,6,10-13,15H2,1H3. The Morgan fingerprint density at radius 1 is 1.21 bits per heavy atom. The van der Waals surface area contributed by atoms with Crippen molar-refractivity contribution in [2.45, 2.75) is 38.0 Å². The minimum atomic E-state index is 0.0547. The van der Waals surface area contributed by atoms with E-state index in [1.54, 1.807) is 7.11 Å². The Bertz CT molecular complexity index is 891. The SMILES string of the molecule is COc1cccc2c1CCCC2CCNCCc1ccc2c(c1)N=NCC2=O. The Balaban J connectivity index is 1.28. The topological polar surface area (TPSA) is 63.0 Å². The van der Waals surface area contributed by atoms with Gasteiger partial charge in [0.2, 0.25) is 0 Å². The lowest BCUT2D eigenvalue weighted by Crippen LogP contribution is -2.22. The van der Waals surface area contributed by atoms with Crippen molar-refractivity contribution in [3.63, 3.8) is 0 Å². The fraction of sp³-hybridized carbons (Fsp3) is 0.435. The predicted octanol–water partition coefficient (Wildman–Crippen LogP) is 4.62. The average molecular weight is 377 g/mol. The third-order valence-electron chi connectivity index (χ3n) is 5.82. The molecule has 0 saturated heterocycles. The fourth-order valence-electron chi connectivity index (χ4n) is 4.35. The number of benzene rings is 2. The molecule has 0 saturated carbocycles. The predicted molar refractivity (Wildman–Crippen MR) is 110 cm³/mol. The summed E-state index contributed by atoms with van der Waals surface area (Å²) < 4.78 is 5.55. The van der Waals surface area contributed by atoms with Crippen molar-refractivity contribution in [1.29, 1.82) is 0 Å². The second-order valence-electron chi connectivity index (χ2n) is 7.58. The highest BCUT2D eigenvalue weighted by Crippen LogP contribution is 2.38. The van der Waals surface area contributed by atoms with Gasteiger partial charge in [-0.05, 0) is 86.0 Å². The summed E-state index contributed by atoms with van der Waals surface area (Å²) in [6, 6.07) is 12.4. The van der Waals surface area contributed by atoms with Crippen LogP contribution in [0.15, 0.2) is 46.6 Å². The molecule has 4 rings (SSSR count). The van der Waals surface area contributed by atoms with Crippen LogP contribution in [0, 0.1) is 0 Å². The van der Waals surface area contributed by atoms with Crippen LogP contribution in [0.3, 0.4) is 0 Å². The van der Waals surface area contributed by atoms with Gasteiger partial charge in [0.1, 0.15) is 12.3 Å². The molecule has 5 nitrogen and oxygen atoms in total. The maximum absolute atomic E-state index is 11.8. The number of rotatable bonds is 7. The van der Waals surface area contributed by atoms with E-state index in [4.69, 9.17) is 4.74 Å². The zero-order valence-corrected chi connectivity index (χ0v) is 16.4. The summed E-state index contributed by atoms with van der Waals surface area (Å²) in [4.78, 5) is 11.8. The van der Waals surface area contributed by atoms with E-state index >= 15 is 0 Å². The maximum atomic E-state index is 11.8. The molecule has 1 N–H and O–H groups in total. The van der Waals surface area contributed by atoms with E-state index in [1.165, 1.54) is 29.5 Å². The lowest BCUT2D eigenvalue weighted by atomic mass is 9.80. The first-order chi connectivity index (χ1) is 13.8. The zero-order chi connectivity index (χ0) is 19.3. The van der Waals surface area contributed by atoms with E-state index in [2.05, 4.69) is 33.7 Å². The molecule has 2 aliphatic rings. The minimum Gasteiger partial charge on any atom is -0.496 e. The first kappa shape index (κ1) is 18.8.